The van der Waals surface area contributed by atoms with Gasteiger partial charge in [0.2, 0.25) is 5.91 Å². The van der Waals surface area contributed by atoms with Crippen LogP contribution in [-0.2, 0) is 36.0 Å². The van der Waals surface area contributed by atoms with Gasteiger partial charge < -0.3 is 15.0 Å². The Hall–Kier alpha value is -2.63. The number of carboxylic acids is 1. The summed E-state index contributed by atoms with van der Waals surface area (Å²) in [4.78, 5) is 28.2. The van der Waals surface area contributed by atoms with Crippen molar-refractivity contribution in [3.8, 4) is 0 Å². The monoisotopic (exact) mass is 313 g/mol. The summed E-state index contributed by atoms with van der Waals surface area (Å²) >= 11 is 0. The quantitative estimate of drug-likeness (QED) is 0.871. The van der Waals surface area contributed by atoms with Crippen LogP contribution >= 0.6 is 0 Å². The number of aryl methyl sites for hydroxylation is 1. The Kier molecular flexibility index (Phi) is 3.90. The maximum atomic E-state index is 12.7. The predicted molar refractivity (Wildman–Crippen MR) is 83.6 cm³/mol. The SMILES string of the molecule is Cn1cnc(CNC(=O)C2(CC(=O)O)Cc3ccccc3C2)c1. The third-order valence-corrected chi connectivity index (χ3v) is 4.34. The van der Waals surface area contributed by atoms with Crippen LogP contribution in [0, 0.1) is 5.41 Å². The molecule has 1 amide bonds. The molecule has 0 radical (unpaired) electrons. The maximum absolute atomic E-state index is 12.7. The normalized spacial score (nSPS) is 15.2. The van der Waals surface area contributed by atoms with Crippen LogP contribution in [0.1, 0.15) is 23.2 Å². The lowest BCUT2D eigenvalue weighted by Crippen LogP contribution is -2.43. The minimum Gasteiger partial charge on any atom is -0.481 e. The highest BCUT2D eigenvalue weighted by atomic mass is 16.4. The third-order valence-electron chi connectivity index (χ3n) is 4.34. The summed E-state index contributed by atoms with van der Waals surface area (Å²) in [5, 5.41) is 12.1. The number of rotatable bonds is 5. The summed E-state index contributed by atoms with van der Waals surface area (Å²) in [5.41, 5.74) is 1.95. The van der Waals surface area contributed by atoms with E-state index < -0.39 is 11.4 Å². The van der Waals surface area contributed by atoms with Gasteiger partial charge >= 0.3 is 5.97 Å². The number of benzene rings is 1. The Balaban J connectivity index is 1.77. The van der Waals surface area contributed by atoms with Gasteiger partial charge in [0.1, 0.15) is 0 Å². The molecule has 1 aromatic carbocycles. The van der Waals surface area contributed by atoms with E-state index in [9.17, 15) is 14.7 Å². The van der Waals surface area contributed by atoms with Gasteiger partial charge in [-0.3, -0.25) is 9.59 Å². The highest BCUT2D eigenvalue weighted by Gasteiger charge is 2.45. The molecule has 3 rings (SSSR count). The largest absolute Gasteiger partial charge is 0.481 e. The second-order valence-electron chi connectivity index (χ2n) is 6.19. The minimum absolute atomic E-state index is 0.171. The first-order chi connectivity index (χ1) is 11.0. The average Bonchev–Trinajstić information content (AvgIpc) is 3.07. The summed E-state index contributed by atoms with van der Waals surface area (Å²) in [6.45, 7) is 0.303. The number of carboxylic acid groups (broad SMARTS) is 1. The van der Waals surface area contributed by atoms with Crippen molar-refractivity contribution in [1.82, 2.24) is 14.9 Å². The van der Waals surface area contributed by atoms with Gasteiger partial charge in [-0.25, -0.2) is 4.98 Å². The van der Waals surface area contributed by atoms with Crippen molar-refractivity contribution in [2.45, 2.75) is 25.8 Å². The van der Waals surface area contributed by atoms with E-state index in [2.05, 4.69) is 10.3 Å². The molecule has 0 unspecified atom stereocenters. The van der Waals surface area contributed by atoms with Crippen LogP contribution < -0.4 is 5.32 Å². The molecule has 6 nitrogen and oxygen atoms in total. The summed E-state index contributed by atoms with van der Waals surface area (Å²) < 4.78 is 1.81. The highest BCUT2D eigenvalue weighted by molar-refractivity contribution is 5.88. The number of amides is 1. The molecule has 120 valence electrons. The van der Waals surface area contributed by atoms with Crippen LogP contribution in [0.4, 0.5) is 0 Å². The van der Waals surface area contributed by atoms with Gasteiger partial charge in [0.25, 0.3) is 0 Å². The minimum atomic E-state index is -0.953. The zero-order valence-electron chi connectivity index (χ0n) is 13.0. The standard InChI is InChI=1S/C17H19N3O3/c1-20-10-14(19-11-20)9-18-16(23)17(8-15(21)22)6-12-4-2-3-5-13(12)7-17/h2-5,10-11H,6-9H2,1H3,(H,18,23)(H,21,22). The molecule has 2 aromatic rings. The Morgan fingerprint density at radius 1 is 1.30 bits per heavy atom. The predicted octanol–water partition coefficient (Wildman–Crippen LogP) is 1.30. The van der Waals surface area contributed by atoms with Gasteiger partial charge in [-0.1, -0.05) is 24.3 Å². The topological polar surface area (TPSA) is 84.2 Å². The Morgan fingerprint density at radius 2 is 1.96 bits per heavy atom. The van der Waals surface area contributed by atoms with Crippen molar-refractivity contribution in [2.24, 2.45) is 12.5 Å². The van der Waals surface area contributed by atoms with E-state index in [1.165, 1.54) is 0 Å². The molecule has 23 heavy (non-hydrogen) atoms. The Bertz CT molecular complexity index is 726. The fourth-order valence-corrected chi connectivity index (χ4v) is 3.27. The molecule has 0 saturated carbocycles. The molecular formula is C17H19N3O3. The molecule has 0 spiro atoms. The number of aromatic nitrogens is 2. The number of fused-ring (bicyclic) bond motifs is 1. The molecule has 2 N–H and O–H groups in total. The average molecular weight is 313 g/mol. The van der Waals surface area contributed by atoms with E-state index in [1.807, 2.05) is 37.5 Å². The van der Waals surface area contributed by atoms with Crippen LogP contribution in [0.2, 0.25) is 0 Å². The molecule has 1 aromatic heterocycles. The van der Waals surface area contributed by atoms with Gasteiger partial charge in [-0.2, -0.15) is 0 Å². The van der Waals surface area contributed by atoms with Crippen molar-refractivity contribution < 1.29 is 14.7 Å². The van der Waals surface area contributed by atoms with Crippen molar-refractivity contribution in [2.75, 3.05) is 0 Å². The highest BCUT2D eigenvalue weighted by Crippen LogP contribution is 2.40. The van der Waals surface area contributed by atoms with E-state index >= 15 is 0 Å². The molecule has 1 aliphatic rings. The molecule has 6 heteroatoms. The lowest BCUT2D eigenvalue weighted by atomic mass is 9.80. The van der Waals surface area contributed by atoms with Crippen molar-refractivity contribution in [3.05, 3.63) is 53.6 Å². The van der Waals surface area contributed by atoms with Crippen molar-refractivity contribution in [3.63, 3.8) is 0 Å². The van der Waals surface area contributed by atoms with Crippen LogP contribution in [0.3, 0.4) is 0 Å². The number of imidazole rings is 1. The van der Waals surface area contributed by atoms with E-state index in [-0.39, 0.29) is 12.3 Å². The van der Waals surface area contributed by atoms with E-state index in [0.29, 0.717) is 19.4 Å². The lowest BCUT2D eigenvalue weighted by molar-refractivity contribution is -0.145. The molecule has 0 bridgehead atoms. The lowest BCUT2D eigenvalue weighted by Gasteiger charge is -2.25. The second kappa shape index (κ2) is 5.87. The van der Waals surface area contributed by atoms with Gasteiger partial charge in [-0.15, -0.1) is 0 Å². The maximum Gasteiger partial charge on any atom is 0.304 e. The molecule has 1 heterocycles. The fraction of sp³-hybridized carbons (Fsp3) is 0.353. The number of carbonyl (C=O) groups is 2. The van der Waals surface area contributed by atoms with Crippen LogP contribution in [0.5, 0.6) is 0 Å². The van der Waals surface area contributed by atoms with Crippen LogP contribution in [0.15, 0.2) is 36.8 Å². The zero-order valence-corrected chi connectivity index (χ0v) is 13.0. The Morgan fingerprint density at radius 3 is 2.48 bits per heavy atom. The Labute approximate surface area is 134 Å². The molecule has 0 aliphatic heterocycles. The van der Waals surface area contributed by atoms with Gasteiger partial charge in [0.05, 0.1) is 30.4 Å². The number of aliphatic carboxylic acids is 1. The van der Waals surface area contributed by atoms with Crippen molar-refractivity contribution >= 4 is 11.9 Å². The molecule has 1 aliphatic carbocycles. The first-order valence-electron chi connectivity index (χ1n) is 7.52. The van der Waals surface area contributed by atoms with Crippen molar-refractivity contribution in [1.29, 1.82) is 0 Å². The molecule has 0 atom stereocenters. The number of hydrogen-bond donors (Lipinski definition) is 2. The summed E-state index contributed by atoms with van der Waals surface area (Å²) in [6, 6.07) is 7.76. The van der Waals surface area contributed by atoms with Gasteiger partial charge in [-0.05, 0) is 24.0 Å². The summed E-state index contributed by atoms with van der Waals surface area (Å²) in [6.07, 6.45) is 4.25. The van der Waals surface area contributed by atoms with E-state index in [0.717, 1.165) is 16.8 Å². The number of nitrogens with one attached hydrogen (secondary N) is 1. The first kappa shape index (κ1) is 15.3. The summed E-state index contributed by atoms with van der Waals surface area (Å²) in [7, 11) is 1.86. The van der Waals surface area contributed by atoms with E-state index in [1.54, 1.807) is 10.9 Å². The molecular weight excluding hydrogens is 294 g/mol. The van der Waals surface area contributed by atoms with Gasteiger partial charge in [0.15, 0.2) is 0 Å². The molecule has 0 saturated heterocycles. The number of hydrogen-bond acceptors (Lipinski definition) is 3. The second-order valence-corrected chi connectivity index (χ2v) is 6.19. The first-order valence-corrected chi connectivity index (χ1v) is 7.52. The zero-order chi connectivity index (χ0) is 16.4. The number of nitrogens with zero attached hydrogens (tertiary/aromatic N) is 2. The van der Waals surface area contributed by atoms with E-state index in [4.69, 9.17) is 0 Å². The van der Waals surface area contributed by atoms with Crippen LogP contribution in [-0.4, -0.2) is 26.5 Å². The van der Waals surface area contributed by atoms with Gasteiger partial charge in [0, 0.05) is 13.2 Å². The summed E-state index contributed by atoms with van der Waals surface area (Å²) in [5.74, 6) is -1.17. The smallest absolute Gasteiger partial charge is 0.304 e. The third kappa shape index (κ3) is 3.11. The van der Waals surface area contributed by atoms with Crippen LogP contribution in [0.25, 0.3) is 0 Å². The molecule has 0 fully saturated rings. The fourth-order valence-electron chi connectivity index (χ4n) is 3.27. The number of carbonyl (C=O) groups excluding carboxylic acids is 1.